The zero-order valence-corrected chi connectivity index (χ0v) is 20.5. The Morgan fingerprint density at radius 2 is 1.84 bits per heavy atom. The molecule has 0 bridgehead atoms. The van der Waals surface area contributed by atoms with Gasteiger partial charge in [0, 0.05) is 16.5 Å². The van der Waals surface area contributed by atoms with Crippen LogP contribution >= 0.6 is 23.1 Å². The number of nitrogens with one attached hydrogen (secondary N) is 2. The summed E-state index contributed by atoms with van der Waals surface area (Å²) in [5.41, 5.74) is 3.38. The lowest BCUT2D eigenvalue weighted by atomic mass is 9.86. The van der Waals surface area contributed by atoms with E-state index >= 15 is 0 Å². The van der Waals surface area contributed by atoms with Crippen molar-refractivity contribution < 1.29 is 9.59 Å². The summed E-state index contributed by atoms with van der Waals surface area (Å²) in [5, 5.41) is 8.23. The van der Waals surface area contributed by atoms with Gasteiger partial charge in [0.05, 0.1) is 5.69 Å². The largest absolute Gasteiger partial charge is 0.340 e. The van der Waals surface area contributed by atoms with E-state index in [1.54, 1.807) is 17.8 Å². The van der Waals surface area contributed by atoms with Crippen LogP contribution in [0.1, 0.15) is 43.1 Å². The minimum Gasteiger partial charge on any atom is -0.340 e. The average molecular weight is 468 g/mol. The second-order valence-corrected chi connectivity index (χ2v) is 10.4. The Morgan fingerprint density at radius 3 is 2.53 bits per heavy atom. The summed E-state index contributed by atoms with van der Waals surface area (Å²) >= 11 is 3.01. The molecule has 5 nitrogen and oxygen atoms in total. The second kappa shape index (κ2) is 10.8. The highest BCUT2D eigenvalue weighted by atomic mass is 32.2. The molecule has 168 valence electrons. The first kappa shape index (κ1) is 24.0. The van der Waals surface area contributed by atoms with E-state index < -0.39 is 6.04 Å². The van der Waals surface area contributed by atoms with Crippen molar-refractivity contribution in [2.45, 2.75) is 38.6 Å². The van der Waals surface area contributed by atoms with Crippen LogP contribution in [0.2, 0.25) is 0 Å². The van der Waals surface area contributed by atoms with Crippen LogP contribution in [-0.2, 0) is 10.2 Å². The molecular weight excluding hydrogens is 438 g/mol. The maximum atomic E-state index is 13.0. The molecule has 3 rings (SSSR count). The van der Waals surface area contributed by atoms with Gasteiger partial charge < -0.3 is 10.6 Å². The summed E-state index contributed by atoms with van der Waals surface area (Å²) in [4.78, 5) is 30.4. The van der Waals surface area contributed by atoms with E-state index in [0.29, 0.717) is 17.1 Å². The molecule has 0 saturated carbocycles. The van der Waals surface area contributed by atoms with Crippen LogP contribution in [0.4, 0.5) is 5.13 Å². The van der Waals surface area contributed by atoms with Crippen molar-refractivity contribution in [3.05, 3.63) is 71.1 Å². The maximum Gasteiger partial charge on any atom is 0.251 e. The lowest BCUT2D eigenvalue weighted by Crippen LogP contribution is -2.44. The van der Waals surface area contributed by atoms with Gasteiger partial charge in [0.25, 0.3) is 5.91 Å². The molecule has 0 radical (unpaired) electrons. The predicted molar refractivity (Wildman–Crippen MR) is 136 cm³/mol. The molecule has 32 heavy (non-hydrogen) atoms. The van der Waals surface area contributed by atoms with E-state index in [2.05, 4.69) is 36.4 Å². The molecule has 7 heteroatoms. The highest BCUT2D eigenvalue weighted by molar-refractivity contribution is 7.98. The molecule has 2 N–H and O–H groups in total. The van der Waals surface area contributed by atoms with Gasteiger partial charge in [-0.25, -0.2) is 4.98 Å². The highest BCUT2D eigenvalue weighted by Gasteiger charge is 2.23. The lowest BCUT2D eigenvalue weighted by Gasteiger charge is -2.21. The van der Waals surface area contributed by atoms with Gasteiger partial charge >= 0.3 is 0 Å². The molecule has 0 spiro atoms. The topological polar surface area (TPSA) is 71.1 Å². The Bertz CT molecular complexity index is 1060. The number of carbonyl (C=O) groups excluding carboxylic acids is 2. The van der Waals surface area contributed by atoms with Gasteiger partial charge in [0.2, 0.25) is 5.91 Å². The summed E-state index contributed by atoms with van der Waals surface area (Å²) in [6.45, 7) is 6.32. The van der Waals surface area contributed by atoms with E-state index in [0.717, 1.165) is 22.6 Å². The lowest BCUT2D eigenvalue weighted by molar-refractivity contribution is -0.118. The van der Waals surface area contributed by atoms with Gasteiger partial charge in [-0.2, -0.15) is 11.8 Å². The molecule has 0 saturated heterocycles. The maximum absolute atomic E-state index is 13.0. The number of nitrogens with zero attached hydrogens (tertiary/aromatic N) is 1. The first-order valence-corrected chi connectivity index (χ1v) is 12.8. The van der Waals surface area contributed by atoms with Crippen molar-refractivity contribution in [2.24, 2.45) is 0 Å². The molecule has 1 unspecified atom stereocenters. The smallest absolute Gasteiger partial charge is 0.251 e. The Morgan fingerprint density at radius 1 is 1.09 bits per heavy atom. The van der Waals surface area contributed by atoms with Crippen molar-refractivity contribution >= 4 is 40.0 Å². The number of thiazole rings is 1. The van der Waals surface area contributed by atoms with E-state index in [1.807, 2.05) is 60.2 Å². The van der Waals surface area contributed by atoms with Crippen molar-refractivity contribution in [2.75, 3.05) is 17.3 Å². The molecule has 1 atom stereocenters. The number of hydrogen-bond donors (Lipinski definition) is 2. The van der Waals surface area contributed by atoms with Gasteiger partial charge in [0.1, 0.15) is 6.04 Å². The first-order valence-electron chi connectivity index (χ1n) is 10.5. The molecule has 0 aliphatic rings. The quantitative estimate of drug-likeness (QED) is 0.452. The number of anilines is 1. The molecule has 1 heterocycles. The van der Waals surface area contributed by atoms with Gasteiger partial charge in [-0.3, -0.25) is 9.59 Å². The Hall–Kier alpha value is -2.64. The molecule has 0 aliphatic heterocycles. The van der Waals surface area contributed by atoms with Gasteiger partial charge in [-0.05, 0) is 41.5 Å². The SMILES string of the molecule is CSCCC(NC(=O)c1cccc(C(C)(C)C)c1)C(=O)Nc1nc(-c2ccccc2)cs1. The molecular formula is C25H29N3O2S2. The third-order valence-corrected chi connectivity index (χ3v) is 6.43. The summed E-state index contributed by atoms with van der Waals surface area (Å²) in [5.74, 6) is 0.253. The van der Waals surface area contributed by atoms with Crippen molar-refractivity contribution in [3.63, 3.8) is 0 Å². The number of rotatable bonds is 8. The highest BCUT2D eigenvalue weighted by Crippen LogP contribution is 2.25. The number of carbonyl (C=O) groups is 2. The fourth-order valence-corrected chi connectivity index (χ4v) is 4.33. The average Bonchev–Trinajstić information content (AvgIpc) is 3.25. The van der Waals surface area contributed by atoms with Crippen LogP contribution in [-0.4, -0.2) is 34.8 Å². The zero-order valence-electron chi connectivity index (χ0n) is 18.8. The number of thioether (sulfide) groups is 1. The predicted octanol–water partition coefficient (Wildman–Crippen LogP) is 5.60. The molecule has 2 amide bonds. The summed E-state index contributed by atoms with van der Waals surface area (Å²) in [7, 11) is 0. The zero-order chi connectivity index (χ0) is 23.1. The molecule has 0 fully saturated rings. The van der Waals surface area contributed by atoms with Crippen LogP contribution in [0.15, 0.2) is 60.0 Å². The van der Waals surface area contributed by atoms with Crippen LogP contribution < -0.4 is 10.6 Å². The van der Waals surface area contributed by atoms with E-state index in [4.69, 9.17) is 0 Å². The fourth-order valence-electron chi connectivity index (χ4n) is 3.14. The normalized spacial score (nSPS) is 12.2. The number of aromatic nitrogens is 1. The van der Waals surface area contributed by atoms with Crippen molar-refractivity contribution in [1.82, 2.24) is 10.3 Å². The van der Waals surface area contributed by atoms with E-state index in [-0.39, 0.29) is 17.2 Å². The number of hydrogen-bond acceptors (Lipinski definition) is 5. The minimum absolute atomic E-state index is 0.0623. The Labute approximate surface area is 198 Å². The standard InChI is InChI=1S/C25H29N3O2S2/c1-25(2,3)19-12-8-11-18(15-19)22(29)26-20(13-14-31-4)23(30)28-24-27-21(16-32-24)17-9-6-5-7-10-17/h5-12,15-16,20H,13-14H2,1-4H3,(H,26,29)(H,27,28,30). The Kier molecular flexibility index (Phi) is 8.10. The van der Waals surface area contributed by atoms with Crippen LogP contribution in [0.5, 0.6) is 0 Å². The van der Waals surface area contributed by atoms with E-state index in [9.17, 15) is 9.59 Å². The monoisotopic (exact) mass is 467 g/mol. The summed E-state index contributed by atoms with van der Waals surface area (Å²) in [6.07, 6.45) is 2.52. The summed E-state index contributed by atoms with van der Waals surface area (Å²) < 4.78 is 0. The summed E-state index contributed by atoms with van der Waals surface area (Å²) in [6, 6.07) is 16.8. The minimum atomic E-state index is -0.641. The Balaban J connectivity index is 1.71. The van der Waals surface area contributed by atoms with Crippen molar-refractivity contribution in [3.8, 4) is 11.3 Å². The van der Waals surface area contributed by atoms with Crippen LogP contribution in [0, 0.1) is 0 Å². The molecule has 2 aromatic carbocycles. The first-order chi connectivity index (χ1) is 15.3. The number of benzene rings is 2. The van der Waals surface area contributed by atoms with Crippen molar-refractivity contribution in [1.29, 1.82) is 0 Å². The van der Waals surface area contributed by atoms with Crippen LogP contribution in [0.25, 0.3) is 11.3 Å². The van der Waals surface area contributed by atoms with Crippen LogP contribution in [0.3, 0.4) is 0 Å². The molecule has 0 aliphatic carbocycles. The second-order valence-electron chi connectivity index (χ2n) is 8.53. The van der Waals surface area contributed by atoms with Gasteiger partial charge in [-0.15, -0.1) is 11.3 Å². The van der Waals surface area contributed by atoms with E-state index in [1.165, 1.54) is 11.3 Å². The van der Waals surface area contributed by atoms with Gasteiger partial charge in [0.15, 0.2) is 5.13 Å². The fraction of sp³-hybridized carbons (Fsp3) is 0.320. The molecule has 3 aromatic rings. The third kappa shape index (κ3) is 6.43. The third-order valence-electron chi connectivity index (χ3n) is 5.03. The van der Waals surface area contributed by atoms with Gasteiger partial charge in [-0.1, -0.05) is 63.2 Å². The number of amides is 2. The molecule has 1 aromatic heterocycles.